The first-order valence-electron chi connectivity index (χ1n) is 9.28. The first-order valence-corrected chi connectivity index (χ1v) is 9.66. The summed E-state index contributed by atoms with van der Waals surface area (Å²) in [4.78, 5) is 16.7. The van der Waals surface area contributed by atoms with Gasteiger partial charge in [-0.15, -0.1) is 13.2 Å². The minimum absolute atomic E-state index is 0.0595. The van der Waals surface area contributed by atoms with Crippen molar-refractivity contribution in [3.63, 3.8) is 0 Å². The Labute approximate surface area is 188 Å². The Bertz CT molecular complexity index is 1290. The van der Waals surface area contributed by atoms with Crippen LogP contribution >= 0.6 is 11.6 Å². The van der Waals surface area contributed by atoms with Gasteiger partial charge in [0.25, 0.3) is 5.89 Å². The van der Waals surface area contributed by atoms with E-state index in [9.17, 15) is 22.4 Å². The third kappa shape index (κ3) is 5.50. The topological polar surface area (TPSA) is 82.2 Å². The Morgan fingerprint density at radius 1 is 1.15 bits per heavy atom. The second-order valence-corrected chi connectivity index (χ2v) is 7.10. The minimum atomic E-state index is -4.79. The highest BCUT2D eigenvalue weighted by Crippen LogP contribution is 2.27. The number of anilines is 1. The fourth-order valence-corrected chi connectivity index (χ4v) is 3.15. The van der Waals surface area contributed by atoms with E-state index in [1.54, 1.807) is 22.9 Å². The van der Waals surface area contributed by atoms with Gasteiger partial charge in [-0.05, 0) is 54.6 Å². The molecule has 0 atom stereocenters. The van der Waals surface area contributed by atoms with Gasteiger partial charge in [0.05, 0.1) is 10.7 Å². The van der Waals surface area contributed by atoms with Gasteiger partial charge in [0, 0.05) is 11.8 Å². The van der Waals surface area contributed by atoms with Crippen molar-refractivity contribution in [1.82, 2.24) is 14.7 Å². The number of nitrogens with one attached hydrogen (secondary N) is 1. The lowest BCUT2D eigenvalue weighted by atomic mass is 10.2. The number of nitrogens with zero attached hydrogens (tertiary/aromatic N) is 3. The van der Waals surface area contributed by atoms with E-state index >= 15 is 0 Å². The van der Waals surface area contributed by atoms with Crippen LogP contribution in [0.5, 0.6) is 5.75 Å². The summed E-state index contributed by atoms with van der Waals surface area (Å²) in [7, 11) is 0. The summed E-state index contributed by atoms with van der Waals surface area (Å²) in [6, 6.07) is 11.9. The summed E-state index contributed by atoms with van der Waals surface area (Å²) in [5, 5.41) is 6.49. The molecule has 170 valence electrons. The maximum atomic E-state index is 13.2. The van der Waals surface area contributed by atoms with Gasteiger partial charge in [0.2, 0.25) is 11.7 Å². The number of carbonyl (C=O) groups excluding carboxylic acids is 1. The highest BCUT2D eigenvalue weighted by molar-refractivity contribution is 6.33. The van der Waals surface area contributed by atoms with E-state index in [1.807, 2.05) is 0 Å². The lowest BCUT2D eigenvalue weighted by Crippen LogP contribution is -2.19. The van der Waals surface area contributed by atoms with E-state index in [0.717, 1.165) is 18.2 Å². The van der Waals surface area contributed by atoms with Crippen molar-refractivity contribution in [3.05, 3.63) is 71.6 Å². The zero-order valence-corrected chi connectivity index (χ0v) is 17.2. The summed E-state index contributed by atoms with van der Waals surface area (Å²) < 4.78 is 60.7. The van der Waals surface area contributed by atoms with E-state index in [4.69, 9.17) is 16.1 Å². The van der Waals surface area contributed by atoms with Gasteiger partial charge < -0.3 is 19.1 Å². The Balaban J connectivity index is 1.47. The van der Waals surface area contributed by atoms with Crippen molar-refractivity contribution in [2.45, 2.75) is 12.9 Å². The first-order chi connectivity index (χ1) is 15.7. The molecule has 0 spiro atoms. The predicted octanol–water partition coefficient (Wildman–Crippen LogP) is 5.53. The highest BCUT2D eigenvalue weighted by atomic mass is 35.5. The number of ether oxygens (including phenoxy) is 1. The van der Waals surface area contributed by atoms with Gasteiger partial charge in [-0.3, -0.25) is 4.79 Å². The van der Waals surface area contributed by atoms with Crippen molar-refractivity contribution in [2.24, 2.45) is 0 Å². The normalized spacial score (nSPS) is 11.4. The summed E-state index contributed by atoms with van der Waals surface area (Å²) in [6.45, 7) is -0.128. The minimum Gasteiger partial charge on any atom is -0.406 e. The SMILES string of the molecule is O=C(Cn1cccc1-c1nc(-c2ccc(OC(F)(F)F)cc2)no1)Nc1ccc(F)cc1Cl. The standard InChI is InChI=1S/C21H13ClF4N4O3/c22-15-10-13(23)5-8-16(15)27-18(31)11-30-9-1-2-17(30)20-28-19(29-33-20)12-3-6-14(7-4-12)32-21(24,25)26/h1-10H,11H2,(H,27,31). The zero-order valence-electron chi connectivity index (χ0n) is 16.4. The third-order valence-corrected chi connectivity index (χ3v) is 4.65. The molecule has 0 radical (unpaired) electrons. The van der Waals surface area contributed by atoms with Gasteiger partial charge in [-0.25, -0.2) is 4.39 Å². The van der Waals surface area contributed by atoms with E-state index < -0.39 is 18.1 Å². The number of benzene rings is 2. The van der Waals surface area contributed by atoms with Crippen LogP contribution in [-0.2, 0) is 11.3 Å². The van der Waals surface area contributed by atoms with Crippen molar-refractivity contribution < 1.29 is 31.6 Å². The third-order valence-electron chi connectivity index (χ3n) is 4.34. The first kappa shape index (κ1) is 22.3. The highest BCUT2D eigenvalue weighted by Gasteiger charge is 2.31. The van der Waals surface area contributed by atoms with Crippen LogP contribution in [0.4, 0.5) is 23.2 Å². The van der Waals surface area contributed by atoms with Crippen LogP contribution in [0.25, 0.3) is 23.0 Å². The molecule has 12 heteroatoms. The second-order valence-electron chi connectivity index (χ2n) is 6.69. The lowest BCUT2D eigenvalue weighted by Gasteiger charge is -2.09. The number of hydrogen-bond donors (Lipinski definition) is 1. The molecule has 33 heavy (non-hydrogen) atoms. The molecule has 1 N–H and O–H groups in total. The molecule has 0 aliphatic heterocycles. The number of alkyl halides is 3. The summed E-state index contributed by atoms with van der Waals surface area (Å²) in [5.74, 6) is -1.10. The quantitative estimate of drug-likeness (QED) is 0.367. The molecular weight excluding hydrogens is 468 g/mol. The molecule has 7 nitrogen and oxygen atoms in total. The summed E-state index contributed by atoms with van der Waals surface area (Å²) >= 11 is 5.93. The van der Waals surface area contributed by atoms with E-state index in [1.165, 1.54) is 24.3 Å². The Kier molecular flexibility index (Phi) is 6.05. The summed E-state index contributed by atoms with van der Waals surface area (Å²) in [5.41, 5.74) is 1.10. The molecule has 0 saturated carbocycles. The average Bonchev–Trinajstić information content (AvgIpc) is 3.39. The van der Waals surface area contributed by atoms with Crippen molar-refractivity contribution >= 4 is 23.2 Å². The molecule has 0 unspecified atom stereocenters. The predicted molar refractivity (Wildman–Crippen MR) is 110 cm³/mol. The molecule has 0 bridgehead atoms. The smallest absolute Gasteiger partial charge is 0.406 e. The molecule has 2 heterocycles. The molecule has 1 amide bonds. The van der Waals surface area contributed by atoms with E-state index in [-0.39, 0.29) is 34.7 Å². The molecule has 2 aromatic heterocycles. The van der Waals surface area contributed by atoms with Crippen LogP contribution < -0.4 is 10.1 Å². The second kappa shape index (κ2) is 8.94. The van der Waals surface area contributed by atoms with E-state index in [2.05, 4.69) is 20.2 Å². The monoisotopic (exact) mass is 480 g/mol. The maximum Gasteiger partial charge on any atom is 0.573 e. The number of aromatic nitrogens is 3. The summed E-state index contributed by atoms with van der Waals surface area (Å²) in [6.07, 6.45) is -3.17. The van der Waals surface area contributed by atoms with Gasteiger partial charge >= 0.3 is 6.36 Å². The molecule has 4 aromatic rings. The van der Waals surface area contributed by atoms with E-state index in [0.29, 0.717) is 11.3 Å². The zero-order chi connectivity index (χ0) is 23.6. The Morgan fingerprint density at radius 2 is 1.91 bits per heavy atom. The number of carbonyl (C=O) groups is 1. The van der Waals surface area contributed by atoms with Crippen LogP contribution in [0.15, 0.2) is 65.3 Å². The fourth-order valence-electron chi connectivity index (χ4n) is 2.93. The fraction of sp³-hybridized carbons (Fsp3) is 0.0952. The number of halogens is 5. The molecule has 0 saturated heterocycles. The lowest BCUT2D eigenvalue weighted by molar-refractivity contribution is -0.274. The van der Waals surface area contributed by atoms with Gasteiger partial charge in [-0.2, -0.15) is 4.98 Å². The number of amides is 1. The van der Waals surface area contributed by atoms with Crippen LogP contribution in [0, 0.1) is 5.82 Å². The Morgan fingerprint density at radius 3 is 2.61 bits per heavy atom. The van der Waals surface area contributed by atoms with Gasteiger partial charge in [0.1, 0.15) is 23.8 Å². The molecular formula is C21H13ClF4N4O3. The number of hydrogen-bond acceptors (Lipinski definition) is 5. The largest absolute Gasteiger partial charge is 0.573 e. The van der Waals surface area contributed by atoms with Crippen LogP contribution in [-0.4, -0.2) is 27.0 Å². The van der Waals surface area contributed by atoms with Crippen molar-refractivity contribution in [3.8, 4) is 28.7 Å². The van der Waals surface area contributed by atoms with Crippen molar-refractivity contribution in [2.75, 3.05) is 5.32 Å². The van der Waals surface area contributed by atoms with Crippen LogP contribution in [0.2, 0.25) is 5.02 Å². The molecule has 2 aromatic carbocycles. The molecule has 0 aliphatic rings. The molecule has 4 rings (SSSR count). The Hall–Kier alpha value is -3.86. The van der Waals surface area contributed by atoms with Crippen LogP contribution in [0.1, 0.15) is 0 Å². The van der Waals surface area contributed by atoms with Gasteiger partial charge in [-0.1, -0.05) is 16.8 Å². The molecule has 0 fully saturated rings. The molecule has 0 aliphatic carbocycles. The maximum absolute atomic E-state index is 13.2. The van der Waals surface area contributed by atoms with Gasteiger partial charge in [0.15, 0.2) is 0 Å². The van der Waals surface area contributed by atoms with Crippen molar-refractivity contribution in [1.29, 1.82) is 0 Å². The number of rotatable bonds is 6. The van der Waals surface area contributed by atoms with Crippen LogP contribution in [0.3, 0.4) is 0 Å². The average molecular weight is 481 g/mol.